The molecule has 0 amide bonds. The van der Waals surface area contributed by atoms with Crippen LogP contribution in [0.2, 0.25) is 0 Å². The molecule has 0 radical (unpaired) electrons. The van der Waals surface area contributed by atoms with Gasteiger partial charge >= 0.3 is 0 Å². The van der Waals surface area contributed by atoms with Crippen LogP contribution in [0.15, 0.2) is 48.5 Å². The average Bonchev–Trinajstić information content (AvgIpc) is 2.60. The Morgan fingerprint density at radius 2 is 1.14 bits per heavy atom. The van der Waals surface area contributed by atoms with E-state index in [4.69, 9.17) is 0 Å². The summed E-state index contributed by atoms with van der Waals surface area (Å²) in [5.41, 5.74) is 2.28. The third-order valence-electron chi connectivity index (χ3n) is 6.02. The first-order valence-electron chi connectivity index (χ1n) is 9.30. The Bertz CT molecular complexity index is 841. The number of hydrogen-bond donors (Lipinski definition) is 1. The van der Waals surface area contributed by atoms with Crippen molar-refractivity contribution in [2.75, 3.05) is 0 Å². The summed E-state index contributed by atoms with van der Waals surface area (Å²) in [6.45, 7) is 7.10. The van der Waals surface area contributed by atoms with E-state index in [2.05, 4.69) is 5.32 Å². The lowest BCUT2D eigenvalue weighted by Gasteiger charge is -2.45. The van der Waals surface area contributed by atoms with Crippen LogP contribution in [0.25, 0.3) is 0 Å². The van der Waals surface area contributed by atoms with Crippen molar-refractivity contribution in [3.63, 3.8) is 0 Å². The lowest BCUT2D eigenvalue weighted by atomic mass is 9.66. The summed E-state index contributed by atoms with van der Waals surface area (Å²) in [7, 11) is 0. The quantitative estimate of drug-likeness (QED) is 0.635. The lowest BCUT2D eigenvalue weighted by molar-refractivity contribution is -0.605. The standard InChI is InChI=1S/C21H25N3O4/c1-13-9-5-7-11-15(13)17-19(23(25)26)21(3,4)20(24(27)28)18(22-17)16-12-8-6-10-14(16)2/h5-12,17-20,22H,1-4H3/t17-,18+,19-,20-/m1/s1. The molecule has 1 N–H and O–H groups in total. The fourth-order valence-electron chi connectivity index (χ4n) is 4.59. The molecule has 0 bridgehead atoms. The zero-order valence-corrected chi connectivity index (χ0v) is 16.5. The third-order valence-corrected chi connectivity index (χ3v) is 6.02. The van der Waals surface area contributed by atoms with E-state index in [1.807, 2.05) is 62.4 Å². The third kappa shape index (κ3) is 3.26. The summed E-state index contributed by atoms with van der Waals surface area (Å²) in [6, 6.07) is 11.5. The van der Waals surface area contributed by atoms with E-state index in [-0.39, 0.29) is 9.85 Å². The van der Waals surface area contributed by atoms with Crippen LogP contribution in [0.3, 0.4) is 0 Å². The van der Waals surface area contributed by atoms with Gasteiger partial charge in [0.15, 0.2) is 0 Å². The molecule has 7 heteroatoms. The van der Waals surface area contributed by atoms with Crippen LogP contribution in [-0.4, -0.2) is 21.9 Å². The van der Waals surface area contributed by atoms with Crippen molar-refractivity contribution in [3.8, 4) is 0 Å². The Hall–Kier alpha value is -2.80. The highest BCUT2D eigenvalue weighted by molar-refractivity contribution is 5.35. The summed E-state index contributed by atoms with van der Waals surface area (Å²) >= 11 is 0. The molecule has 0 aliphatic carbocycles. The molecule has 7 nitrogen and oxygen atoms in total. The predicted octanol–water partition coefficient (Wildman–Crippen LogP) is 4.01. The summed E-state index contributed by atoms with van der Waals surface area (Å²) in [5, 5.41) is 27.5. The highest BCUT2D eigenvalue weighted by Gasteiger charge is 2.63. The Labute approximate surface area is 164 Å². The van der Waals surface area contributed by atoms with Crippen molar-refractivity contribution in [1.29, 1.82) is 0 Å². The maximum Gasteiger partial charge on any atom is 0.243 e. The van der Waals surface area contributed by atoms with Crippen LogP contribution in [0.5, 0.6) is 0 Å². The summed E-state index contributed by atoms with van der Waals surface area (Å²) in [6.07, 6.45) is 0. The van der Waals surface area contributed by atoms with Gasteiger partial charge in [-0.2, -0.15) is 0 Å². The molecule has 0 unspecified atom stereocenters. The van der Waals surface area contributed by atoms with Crippen LogP contribution >= 0.6 is 0 Å². The topological polar surface area (TPSA) is 98.3 Å². The zero-order chi connectivity index (χ0) is 20.6. The second-order valence-electron chi connectivity index (χ2n) is 8.12. The molecule has 28 heavy (non-hydrogen) atoms. The van der Waals surface area contributed by atoms with Gasteiger partial charge in [-0.25, -0.2) is 0 Å². The Balaban J connectivity index is 2.21. The smallest absolute Gasteiger partial charge is 0.243 e. The molecule has 2 aromatic rings. The van der Waals surface area contributed by atoms with Gasteiger partial charge in [-0.05, 0) is 49.9 Å². The molecule has 0 saturated carbocycles. The number of rotatable bonds is 4. The monoisotopic (exact) mass is 383 g/mol. The first-order valence-corrected chi connectivity index (χ1v) is 9.30. The molecule has 1 saturated heterocycles. The molecule has 1 aliphatic heterocycles. The fourth-order valence-corrected chi connectivity index (χ4v) is 4.59. The minimum absolute atomic E-state index is 0.366. The van der Waals surface area contributed by atoms with E-state index in [1.165, 1.54) is 0 Å². The second-order valence-corrected chi connectivity index (χ2v) is 8.12. The maximum atomic E-state index is 12.1. The SMILES string of the molecule is Cc1ccccc1[C@H]1N[C@@H](c2ccccc2C)[C@@H]([N+](=O)[O-])C(C)(C)[C@@H]1[N+](=O)[O-]. The number of nitro groups is 2. The van der Waals surface area contributed by atoms with E-state index in [1.54, 1.807) is 13.8 Å². The molecule has 0 aromatic heterocycles. The van der Waals surface area contributed by atoms with Crippen molar-refractivity contribution in [2.45, 2.75) is 51.9 Å². The van der Waals surface area contributed by atoms with Crippen molar-refractivity contribution < 1.29 is 9.85 Å². The number of piperidine rings is 1. The first-order chi connectivity index (χ1) is 13.2. The Morgan fingerprint density at radius 1 is 0.786 bits per heavy atom. The molecule has 1 fully saturated rings. The normalized spacial score (nSPS) is 26.6. The van der Waals surface area contributed by atoms with Crippen molar-refractivity contribution >= 4 is 0 Å². The van der Waals surface area contributed by atoms with Gasteiger partial charge in [0.25, 0.3) is 0 Å². The number of nitrogens with zero attached hydrogens (tertiary/aromatic N) is 2. The van der Waals surface area contributed by atoms with Gasteiger partial charge in [-0.1, -0.05) is 48.5 Å². The molecule has 0 spiro atoms. The maximum absolute atomic E-state index is 12.1. The molecular weight excluding hydrogens is 358 g/mol. The first kappa shape index (κ1) is 19.9. The molecule has 4 atom stereocenters. The highest BCUT2D eigenvalue weighted by atomic mass is 16.6. The lowest BCUT2D eigenvalue weighted by Crippen LogP contribution is -2.63. The van der Waals surface area contributed by atoms with Gasteiger partial charge in [-0.15, -0.1) is 0 Å². The number of benzene rings is 2. The minimum atomic E-state index is -1.17. The summed E-state index contributed by atoms with van der Waals surface area (Å²) < 4.78 is 0. The van der Waals surface area contributed by atoms with Crippen LogP contribution in [0.4, 0.5) is 0 Å². The van der Waals surface area contributed by atoms with E-state index in [0.29, 0.717) is 0 Å². The minimum Gasteiger partial charge on any atom is -0.291 e. The van der Waals surface area contributed by atoms with Crippen molar-refractivity contribution in [3.05, 3.63) is 91.0 Å². The molecule has 1 aliphatic rings. The van der Waals surface area contributed by atoms with Gasteiger partial charge in [-0.3, -0.25) is 25.5 Å². The van der Waals surface area contributed by atoms with Gasteiger partial charge in [0.05, 0.1) is 0 Å². The summed E-state index contributed by atoms with van der Waals surface area (Å²) in [4.78, 5) is 23.4. The van der Waals surface area contributed by atoms with Crippen LogP contribution in [-0.2, 0) is 0 Å². The molecular formula is C21H25N3O4. The largest absolute Gasteiger partial charge is 0.291 e. The van der Waals surface area contributed by atoms with Crippen LogP contribution < -0.4 is 5.32 Å². The average molecular weight is 383 g/mol. The van der Waals surface area contributed by atoms with E-state index in [0.717, 1.165) is 22.3 Å². The summed E-state index contributed by atoms with van der Waals surface area (Å²) in [5.74, 6) is 0. The van der Waals surface area contributed by atoms with Gasteiger partial charge in [0.2, 0.25) is 12.1 Å². The van der Waals surface area contributed by atoms with Gasteiger partial charge in [0, 0.05) is 9.85 Å². The molecule has 1 heterocycles. The highest BCUT2D eigenvalue weighted by Crippen LogP contribution is 2.47. The Morgan fingerprint density at radius 3 is 1.46 bits per heavy atom. The Kier molecular flexibility index (Phi) is 5.21. The van der Waals surface area contributed by atoms with E-state index >= 15 is 0 Å². The number of aryl methyl sites for hydroxylation is 2. The van der Waals surface area contributed by atoms with Gasteiger partial charge in [0.1, 0.15) is 17.5 Å². The molecule has 2 aromatic carbocycles. The fraction of sp³-hybridized carbons (Fsp3) is 0.429. The van der Waals surface area contributed by atoms with Gasteiger partial charge < -0.3 is 0 Å². The second kappa shape index (κ2) is 7.31. The van der Waals surface area contributed by atoms with Crippen molar-refractivity contribution in [2.24, 2.45) is 5.41 Å². The zero-order valence-electron chi connectivity index (χ0n) is 16.5. The molecule has 148 valence electrons. The van der Waals surface area contributed by atoms with E-state index in [9.17, 15) is 20.2 Å². The van der Waals surface area contributed by atoms with Crippen molar-refractivity contribution in [1.82, 2.24) is 5.32 Å². The van der Waals surface area contributed by atoms with E-state index < -0.39 is 29.6 Å². The number of hydrogen-bond acceptors (Lipinski definition) is 5. The number of nitrogens with one attached hydrogen (secondary N) is 1. The van der Waals surface area contributed by atoms with Crippen LogP contribution in [0.1, 0.15) is 48.2 Å². The molecule has 3 rings (SSSR count). The predicted molar refractivity (Wildman–Crippen MR) is 106 cm³/mol. The van der Waals surface area contributed by atoms with Crippen LogP contribution in [0, 0.1) is 39.5 Å².